The number of hydrogen-bond acceptors (Lipinski definition) is 16. The van der Waals surface area contributed by atoms with E-state index in [-0.39, 0.29) is 16.7 Å². The maximum absolute atomic E-state index is 13.2. The molecule has 274 valence electrons. The number of ether oxygens (including phenoxy) is 1. The number of hydrogen-bond donors (Lipinski definition) is 6. The second-order valence-electron chi connectivity index (χ2n) is 11.6. The highest BCUT2D eigenvalue weighted by Gasteiger charge is 2.57. The van der Waals surface area contributed by atoms with E-state index in [1.807, 2.05) is 0 Å². The Hall–Kier alpha value is -5.06. The number of amides is 3. The van der Waals surface area contributed by atoms with Crippen LogP contribution >= 0.6 is 11.3 Å². The van der Waals surface area contributed by atoms with Crippen LogP contribution in [0.25, 0.3) is 11.1 Å². The number of carbonyl (C=O) groups excluding carboxylic acids is 3. The lowest BCUT2D eigenvalue weighted by molar-refractivity contribution is -0.216. The van der Waals surface area contributed by atoms with Gasteiger partial charge >= 0.3 is 5.97 Å². The van der Waals surface area contributed by atoms with Crippen molar-refractivity contribution >= 4 is 63.1 Å². The number of carboxylic acid groups (broad SMARTS) is 1. The third-order valence-electron chi connectivity index (χ3n) is 7.52. The number of nitrogens with zero attached hydrogens (tertiary/aromatic N) is 4. The molecule has 2 aromatic heterocycles. The largest absolute Gasteiger partial charge is 0.748 e. The predicted molar refractivity (Wildman–Crippen MR) is 183 cm³/mol. The minimum Gasteiger partial charge on any atom is -0.748 e. The number of nitrogens with two attached hydrogens (primary N) is 3. The van der Waals surface area contributed by atoms with Gasteiger partial charge in [-0.05, 0) is 63.1 Å². The molecule has 0 spiro atoms. The number of thiazole rings is 1. The standard InChI is InChI=1S/C30H37N9O10S2/c1-30(2)24(27(42)39(30)49-51(45)46)37-26(41)23(20-15-50-29(33)35-20)38-48-21(28(43)44)14-47-18-9-6-16(7-10-18)17-8-11-22(34-13-17)36-25(40)19(32)5-3-4-12-31/h6-11,13,15,19,21,24H,3-5,12,14,31-32H2,1-2H3,(H2,33,35)(H,37,41)(H,43,44)(H,45,46)(H,34,36,40)/p-1/b38-23-/t19-,21-,24+/m0/s1. The number of rotatable bonds is 18. The van der Waals surface area contributed by atoms with Crippen LogP contribution in [-0.4, -0.2) is 95.2 Å². The summed E-state index contributed by atoms with van der Waals surface area (Å²) < 4.78 is 31.9. The second-order valence-corrected chi connectivity index (χ2v) is 13.0. The zero-order chi connectivity index (χ0) is 37.3. The molecule has 19 nitrogen and oxygen atoms in total. The van der Waals surface area contributed by atoms with Crippen LogP contribution < -0.4 is 32.6 Å². The number of carboxylic acids is 1. The van der Waals surface area contributed by atoms with Gasteiger partial charge < -0.3 is 47.1 Å². The minimum atomic E-state index is -3.03. The normalized spacial score (nSPS) is 17.1. The molecular formula is C30H36N9O10S2-. The van der Waals surface area contributed by atoms with Gasteiger partial charge in [-0.2, -0.15) is 9.35 Å². The molecule has 1 fully saturated rings. The molecule has 1 unspecified atom stereocenters. The SMILES string of the molecule is CC1(C)[C@H](NC(=O)/C(=N\O[C@@H](COc2ccc(-c3ccc(NC(=O)[C@@H](N)CCCCN)nc3)cc2)C(=O)O)c2csc(N)n2)C(=O)N1OS(=O)[O-]. The van der Waals surface area contributed by atoms with Gasteiger partial charge in [0.05, 0.1) is 11.6 Å². The zero-order valence-electron chi connectivity index (χ0n) is 27.3. The predicted octanol–water partition coefficient (Wildman–Crippen LogP) is 0.266. The summed E-state index contributed by atoms with van der Waals surface area (Å²) in [6, 6.07) is 8.11. The first kappa shape index (κ1) is 38.7. The fourth-order valence-corrected chi connectivity index (χ4v) is 5.60. The molecule has 1 aliphatic rings. The average molecular weight is 747 g/mol. The number of hydroxylamine groups is 2. The van der Waals surface area contributed by atoms with Crippen LogP contribution in [0.3, 0.4) is 0 Å². The number of unbranched alkanes of at least 4 members (excludes halogenated alkanes) is 1. The molecule has 0 bridgehead atoms. The van der Waals surface area contributed by atoms with Crippen molar-refractivity contribution < 1.29 is 46.9 Å². The number of carbonyl (C=O) groups is 4. The van der Waals surface area contributed by atoms with E-state index in [1.165, 1.54) is 19.2 Å². The summed E-state index contributed by atoms with van der Waals surface area (Å²) in [5.74, 6) is -3.01. The summed E-state index contributed by atoms with van der Waals surface area (Å²) in [6.45, 7) is 2.91. The smallest absolute Gasteiger partial charge is 0.351 e. The molecule has 0 radical (unpaired) electrons. The van der Waals surface area contributed by atoms with Crippen molar-refractivity contribution in [3.8, 4) is 16.9 Å². The molecule has 3 amide bonds. The number of pyridine rings is 1. The van der Waals surface area contributed by atoms with E-state index < -0.39 is 65.2 Å². The van der Waals surface area contributed by atoms with Crippen molar-refractivity contribution in [2.75, 3.05) is 24.2 Å². The van der Waals surface area contributed by atoms with E-state index in [2.05, 4.69) is 30.0 Å². The Morgan fingerprint density at radius 3 is 2.45 bits per heavy atom. The van der Waals surface area contributed by atoms with E-state index in [0.29, 0.717) is 29.6 Å². The number of β-lactam (4-membered cyclic amide) rings is 1. The number of aliphatic carboxylic acids is 1. The van der Waals surface area contributed by atoms with Crippen LogP contribution in [0.2, 0.25) is 0 Å². The van der Waals surface area contributed by atoms with Gasteiger partial charge in [0, 0.05) is 17.1 Å². The van der Waals surface area contributed by atoms with E-state index in [4.69, 9.17) is 26.8 Å². The molecule has 9 N–H and O–H groups in total. The quantitative estimate of drug-likeness (QED) is 0.0335. The Bertz CT molecular complexity index is 1770. The van der Waals surface area contributed by atoms with Gasteiger partial charge in [0.1, 0.15) is 41.3 Å². The van der Waals surface area contributed by atoms with Crippen LogP contribution in [0.1, 0.15) is 38.8 Å². The van der Waals surface area contributed by atoms with Gasteiger partial charge in [0.25, 0.3) is 17.9 Å². The number of benzene rings is 1. The van der Waals surface area contributed by atoms with Gasteiger partial charge in [-0.1, -0.05) is 23.7 Å². The molecule has 0 aliphatic carbocycles. The lowest BCUT2D eigenvalue weighted by Gasteiger charge is -2.51. The first-order chi connectivity index (χ1) is 24.2. The van der Waals surface area contributed by atoms with E-state index in [1.54, 1.807) is 42.6 Å². The maximum atomic E-state index is 13.2. The topological polar surface area (TPSA) is 300 Å². The number of anilines is 2. The Balaban J connectivity index is 1.37. The first-order valence-electron chi connectivity index (χ1n) is 15.3. The van der Waals surface area contributed by atoms with Gasteiger partial charge in [0.15, 0.2) is 10.8 Å². The zero-order valence-corrected chi connectivity index (χ0v) is 29.0. The summed E-state index contributed by atoms with van der Waals surface area (Å²) in [7, 11) is 0. The Labute approximate surface area is 298 Å². The first-order valence-corrected chi connectivity index (χ1v) is 17.2. The number of aromatic nitrogens is 2. The monoisotopic (exact) mass is 746 g/mol. The van der Waals surface area contributed by atoms with Crippen molar-refractivity contribution in [2.45, 2.75) is 56.8 Å². The molecule has 1 aliphatic heterocycles. The molecule has 4 atom stereocenters. The van der Waals surface area contributed by atoms with Gasteiger partial charge in [-0.3, -0.25) is 14.4 Å². The molecule has 0 saturated carbocycles. The fourth-order valence-electron chi connectivity index (χ4n) is 4.66. The summed E-state index contributed by atoms with van der Waals surface area (Å²) in [5, 5.41) is 20.6. The maximum Gasteiger partial charge on any atom is 0.351 e. The molecule has 3 heterocycles. The Morgan fingerprint density at radius 2 is 1.88 bits per heavy atom. The molecule has 21 heteroatoms. The van der Waals surface area contributed by atoms with Crippen molar-refractivity contribution in [2.24, 2.45) is 16.6 Å². The van der Waals surface area contributed by atoms with Crippen molar-refractivity contribution in [1.29, 1.82) is 0 Å². The number of oxime groups is 1. The van der Waals surface area contributed by atoms with E-state index in [9.17, 15) is 33.0 Å². The van der Waals surface area contributed by atoms with Crippen LogP contribution in [0, 0.1) is 0 Å². The summed E-state index contributed by atoms with van der Waals surface area (Å²) in [4.78, 5) is 63.5. The van der Waals surface area contributed by atoms with Crippen LogP contribution in [0.15, 0.2) is 53.1 Å². The minimum absolute atomic E-state index is 0.0672. The second kappa shape index (κ2) is 17.2. The summed E-state index contributed by atoms with van der Waals surface area (Å²) in [5.41, 5.74) is 16.7. The highest BCUT2D eigenvalue weighted by atomic mass is 32.2. The highest BCUT2D eigenvalue weighted by Crippen LogP contribution is 2.32. The Kier molecular flexibility index (Phi) is 13.1. The number of nitrogen functional groups attached to an aromatic ring is 1. The van der Waals surface area contributed by atoms with Crippen LogP contribution in [0.4, 0.5) is 10.9 Å². The third kappa shape index (κ3) is 10.0. The Morgan fingerprint density at radius 1 is 1.18 bits per heavy atom. The van der Waals surface area contributed by atoms with Gasteiger partial charge in [-0.25, -0.2) is 19.0 Å². The lowest BCUT2D eigenvalue weighted by atomic mass is 9.84. The summed E-state index contributed by atoms with van der Waals surface area (Å²) in [6.07, 6.45) is 1.92. The summed E-state index contributed by atoms with van der Waals surface area (Å²) >= 11 is -2.06. The van der Waals surface area contributed by atoms with Crippen LogP contribution in [-0.2, 0) is 39.7 Å². The van der Waals surface area contributed by atoms with Crippen molar-refractivity contribution in [1.82, 2.24) is 20.3 Å². The van der Waals surface area contributed by atoms with Crippen LogP contribution in [0.5, 0.6) is 5.75 Å². The highest BCUT2D eigenvalue weighted by molar-refractivity contribution is 7.74. The molecule has 1 aromatic carbocycles. The molecule has 4 rings (SSSR count). The fraction of sp³-hybridized carbons (Fsp3) is 0.367. The van der Waals surface area contributed by atoms with E-state index >= 15 is 0 Å². The molecular weight excluding hydrogens is 711 g/mol. The van der Waals surface area contributed by atoms with E-state index in [0.717, 1.165) is 35.3 Å². The van der Waals surface area contributed by atoms with Gasteiger partial charge in [-0.15, -0.1) is 11.3 Å². The average Bonchev–Trinajstić information content (AvgIpc) is 3.53. The molecule has 1 saturated heterocycles. The molecule has 3 aromatic rings. The lowest BCUT2D eigenvalue weighted by Crippen LogP contribution is -2.76. The number of nitrogens with one attached hydrogen (secondary N) is 2. The van der Waals surface area contributed by atoms with Gasteiger partial charge in [0.2, 0.25) is 5.91 Å². The third-order valence-corrected chi connectivity index (χ3v) is 8.47. The molecule has 51 heavy (non-hydrogen) atoms. The van der Waals surface area contributed by atoms with Crippen molar-refractivity contribution in [3.05, 3.63) is 53.7 Å². The van der Waals surface area contributed by atoms with Crippen molar-refractivity contribution in [3.63, 3.8) is 0 Å².